The highest BCUT2D eigenvalue weighted by Gasteiger charge is 2.19. The minimum Gasteiger partial charge on any atom is -0.455 e. The standard InChI is InChI=1S/C10H16N2O3/c1-7(6-13)12(2)10(14)9-4-3-8(5-11)15-9/h3-4,7,13H,5-6,11H2,1-2H3. The summed E-state index contributed by atoms with van der Waals surface area (Å²) in [6, 6.07) is 3.03. The second kappa shape index (κ2) is 4.95. The highest BCUT2D eigenvalue weighted by atomic mass is 16.4. The van der Waals surface area contributed by atoms with E-state index in [0.717, 1.165) is 0 Å². The lowest BCUT2D eigenvalue weighted by Gasteiger charge is -2.21. The quantitative estimate of drug-likeness (QED) is 0.746. The Balaban J connectivity index is 2.75. The molecule has 0 aliphatic heterocycles. The Morgan fingerprint density at radius 3 is 2.80 bits per heavy atom. The Kier molecular flexibility index (Phi) is 3.88. The minimum absolute atomic E-state index is 0.0767. The number of hydrogen-bond acceptors (Lipinski definition) is 4. The lowest BCUT2D eigenvalue weighted by Crippen LogP contribution is -2.37. The van der Waals surface area contributed by atoms with Crippen molar-refractivity contribution in [3.63, 3.8) is 0 Å². The van der Waals surface area contributed by atoms with Crippen molar-refractivity contribution in [1.29, 1.82) is 0 Å². The first kappa shape index (κ1) is 11.7. The molecule has 0 saturated heterocycles. The molecule has 84 valence electrons. The smallest absolute Gasteiger partial charge is 0.289 e. The summed E-state index contributed by atoms with van der Waals surface area (Å²) < 4.78 is 5.21. The van der Waals surface area contributed by atoms with E-state index in [9.17, 15) is 4.79 Å². The van der Waals surface area contributed by atoms with Gasteiger partial charge in [0.1, 0.15) is 5.76 Å². The van der Waals surface area contributed by atoms with Gasteiger partial charge in [0.05, 0.1) is 19.2 Å². The van der Waals surface area contributed by atoms with Gasteiger partial charge in [-0.2, -0.15) is 0 Å². The average Bonchev–Trinajstić information content (AvgIpc) is 2.74. The van der Waals surface area contributed by atoms with Crippen molar-refractivity contribution in [3.05, 3.63) is 23.7 Å². The van der Waals surface area contributed by atoms with Crippen LogP contribution in [-0.4, -0.2) is 35.6 Å². The van der Waals surface area contributed by atoms with Gasteiger partial charge >= 0.3 is 0 Å². The molecule has 1 aromatic rings. The number of aliphatic hydroxyl groups is 1. The number of hydrogen-bond donors (Lipinski definition) is 2. The van der Waals surface area contributed by atoms with Gasteiger partial charge < -0.3 is 20.2 Å². The first-order valence-electron chi connectivity index (χ1n) is 4.77. The molecule has 1 amide bonds. The van der Waals surface area contributed by atoms with Gasteiger partial charge in [-0.1, -0.05) is 0 Å². The predicted molar refractivity (Wildman–Crippen MR) is 55.2 cm³/mol. The first-order valence-corrected chi connectivity index (χ1v) is 4.77. The average molecular weight is 212 g/mol. The van der Waals surface area contributed by atoms with Crippen LogP contribution in [0.2, 0.25) is 0 Å². The van der Waals surface area contributed by atoms with E-state index in [-0.39, 0.29) is 30.9 Å². The van der Waals surface area contributed by atoms with Gasteiger partial charge in [-0.3, -0.25) is 4.79 Å². The van der Waals surface area contributed by atoms with Crippen LogP contribution in [0.5, 0.6) is 0 Å². The molecule has 0 fully saturated rings. The van der Waals surface area contributed by atoms with E-state index in [2.05, 4.69) is 0 Å². The minimum atomic E-state index is -0.253. The summed E-state index contributed by atoms with van der Waals surface area (Å²) in [7, 11) is 1.62. The number of nitrogens with zero attached hydrogens (tertiary/aromatic N) is 1. The van der Waals surface area contributed by atoms with Crippen LogP contribution in [0.15, 0.2) is 16.5 Å². The van der Waals surface area contributed by atoms with Gasteiger partial charge in [-0.15, -0.1) is 0 Å². The maximum atomic E-state index is 11.8. The van der Waals surface area contributed by atoms with Crippen LogP contribution < -0.4 is 5.73 Å². The number of aliphatic hydroxyl groups excluding tert-OH is 1. The van der Waals surface area contributed by atoms with Crippen LogP contribution >= 0.6 is 0 Å². The topological polar surface area (TPSA) is 79.7 Å². The van der Waals surface area contributed by atoms with Crippen LogP contribution in [0, 0.1) is 0 Å². The van der Waals surface area contributed by atoms with Gasteiger partial charge in [0.2, 0.25) is 0 Å². The maximum absolute atomic E-state index is 11.8. The molecule has 3 N–H and O–H groups in total. The number of carbonyl (C=O) groups excluding carboxylic acids is 1. The number of rotatable bonds is 4. The van der Waals surface area contributed by atoms with Crippen LogP contribution in [0.3, 0.4) is 0 Å². The van der Waals surface area contributed by atoms with Gasteiger partial charge in [0.15, 0.2) is 5.76 Å². The lowest BCUT2D eigenvalue weighted by atomic mass is 10.3. The second-order valence-electron chi connectivity index (χ2n) is 3.42. The van der Waals surface area contributed by atoms with Gasteiger partial charge in [0.25, 0.3) is 5.91 Å². The van der Waals surface area contributed by atoms with E-state index in [1.165, 1.54) is 4.90 Å². The second-order valence-corrected chi connectivity index (χ2v) is 3.42. The molecule has 5 nitrogen and oxygen atoms in total. The molecule has 0 bridgehead atoms. The van der Waals surface area contributed by atoms with Crippen LogP contribution in [0.4, 0.5) is 0 Å². The number of furan rings is 1. The Morgan fingerprint density at radius 2 is 2.33 bits per heavy atom. The molecular formula is C10H16N2O3. The van der Waals surface area contributed by atoms with Crippen LogP contribution in [-0.2, 0) is 6.54 Å². The summed E-state index contributed by atoms with van der Waals surface area (Å²) in [5, 5.41) is 8.91. The fourth-order valence-electron chi connectivity index (χ4n) is 1.10. The molecule has 1 heterocycles. The number of likely N-dealkylation sites (N-methyl/N-ethyl adjacent to an activating group) is 1. The normalized spacial score (nSPS) is 12.5. The number of carbonyl (C=O) groups is 1. The predicted octanol–water partition coefficient (Wildman–Crippen LogP) is 0.191. The summed E-state index contributed by atoms with van der Waals surface area (Å²) in [6.45, 7) is 1.95. The molecule has 0 aliphatic carbocycles. The molecular weight excluding hydrogens is 196 g/mol. The number of nitrogens with two attached hydrogens (primary N) is 1. The lowest BCUT2D eigenvalue weighted by molar-refractivity contribution is 0.0649. The Bertz CT molecular complexity index is 335. The molecule has 15 heavy (non-hydrogen) atoms. The Labute approximate surface area is 88.5 Å². The molecule has 1 atom stereocenters. The summed E-state index contributed by atoms with van der Waals surface area (Å²) >= 11 is 0. The molecule has 0 aliphatic rings. The molecule has 0 spiro atoms. The van der Waals surface area contributed by atoms with Crippen LogP contribution in [0.1, 0.15) is 23.2 Å². The summed E-state index contributed by atoms with van der Waals surface area (Å²) in [5.74, 6) is 0.568. The zero-order valence-electron chi connectivity index (χ0n) is 8.93. The van der Waals surface area contributed by atoms with E-state index in [1.54, 1.807) is 26.1 Å². The highest BCUT2D eigenvalue weighted by molar-refractivity contribution is 5.91. The zero-order valence-corrected chi connectivity index (χ0v) is 8.93. The fraction of sp³-hybridized carbons (Fsp3) is 0.500. The van der Waals surface area contributed by atoms with Crippen molar-refractivity contribution in [2.45, 2.75) is 19.5 Å². The van der Waals surface area contributed by atoms with Crippen LogP contribution in [0.25, 0.3) is 0 Å². The SMILES string of the molecule is CC(CO)N(C)C(=O)c1ccc(CN)o1. The third kappa shape index (κ3) is 2.57. The van der Waals surface area contributed by atoms with Crippen molar-refractivity contribution in [3.8, 4) is 0 Å². The molecule has 0 saturated carbocycles. The van der Waals surface area contributed by atoms with E-state index in [1.807, 2.05) is 0 Å². The first-order chi connectivity index (χ1) is 7.10. The summed E-state index contributed by atoms with van der Waals surface area (Å²) in [4.78, 5) is 13.2. The third-order valence-electron chi connectivity index (χ3n) is 2.32. The van der Waals surface area contributed by atoms with Crippen molar-refractivity contribution in [2.75, 3.05) is 13.7 Å². The van der Waals surface area contributed by atoms with Crippen molar-refractivity contribution < 1.29 is 14.3 Å². The molecule has 1 rings (SSSR count). The van der Waals surface area contributed by atoms with Crippen molar-refractivity contribution in [2.24, 2.45) is 5.73 Å². The van der Waals surface area contributed by atoms with E-state index in [0.29, 0.717) is 5.76 Å². The molecule has 1 aromatic heterocycles. The van der Waals surface area contributed by atoms with Gasteiger partial charge in [-0.25, -0.2) is 0 Å². The molecule has 5 heteroatoms. The maximum Gasteiger partial charge on any atom is 0.289 e. The van der Waals surface area contributed by atoms with Crippen molar-refractivity contribution in [1.82, 2.24) is 4.90 Å². The fourth-order valence-corrected chi connectivity index (χ4v) is 1.10. The molecule has 1 unspecified atom stereocenters. The molecule has 0 aromatic carbocycles. The summed E-state index contributed by atoms with van der Waals surface area (Å²) in [6.07, 6.45) is 0. The summed E-state index contributed by atoms with van der Waals surface area (Å²) in [5.41, 5.74) is 5.37. The largest absolute Gasteiger partial charge is 0.455 e. The van der Waals surface area contributed by atoms with E-state index < -0.39 is 0 Å². The third-order valence-corrected chi connectivity index (χ3v) is 2.32. The Morgan fingerprint density at radius 1 is 1.67 bits per heavy atom. The van der Waals surface area contributed by atoms with Crippen molar-refractivity contribution >= 4 is 5.91 Å². The van der Waals surface area contributed by atoms with E-state index >= 15 is 0 Å². The zero-order chi connectivity index (χ0) is 11.4. The van der Waals surface area contributed by atoms with Gasteiger partial charge in [-0.05, 0) is 19.1 Å². The van der Waals surface area contributed by atoms with Gasteiger partial charge in [0, 0.05) is 7.05 Å². The highest BCUT2D eigenvalue weighted by Crippen LogP contribution is 2.10. The monoisotopic (exact) mass is 212 g/mol. The number of amides is 1. The Hall–Kier alpha value is -1.33. The molecule has 0 radical (unpaired) electrons. The van der Waals surface area contributed by atoms with E-state index in [4.69, 9.17) is 15.3 Å².